The molecule has 0 atom stereocenters. The van der Waals surface area contributed by atoms with Gasteiger partial charge in [0.25, 0.3) is 6.43 Å². The Morgan fingerprint density at radius 2 is 1.91 bits per heavy atom. The summed E-state index contributed by atoms with van der Waals surface area (Å²) < 4.78 is 47.7. The quantitative estimate of drug-likeness (QED) is 0.463. The first kappa shape index (κ1) is 21.2. The monoisotopic (exact) mass is 468 g/mol. The highest BCUT2D eigenvalue weighted by molar-refractivity contribution is 6.01. The Kier molecular flexibility index (Phi) is 5.05. The molecular formula is C24H23F3N6O. The van der Waals surface area contributed by atoms with Crippen molar-refractivity contribution in [1.82, 2.24) is 19.8 Å². The van der Waals surface area contributed by atoms with Gasteiger partial charge in [-0.1, -0.05) is 18.2 Å². The van der Waals surface area contributed by atoms with E-state index in [1.165, 1.54) is 23.1 Å². The predicted octanol–water partition coefficient (Wildman–Crippen LogP) is 4.58. The fourth-order valence-corrected chi connectivity index (χ4v) is 5.04. The lowest BCUT2D eigenvalue weighted by atomic mass is 9.73. The molecule has 0 bridgehead atoms. The summed E-state index contributed by atoms with van der Waals surface area (Å²) >= 11 is 0. The molecule has 2 saturated heterocycles. The standard InChI is InChI=1S/C24H23F3N6O/c25-20-15(2-1-3-18(20)21(26)27)11-28-22-19-10-16(32-12-24(13-32)6-8-34-9-7-24)4-5-17(19)23-29-14-30-33(23)31-22/h1-5,10,14,21H,6-9,11-13H2,(H,28,31). The van der Waals surface area contributed by atoms with Crippen molar-refractivity contribution in [2.75, 3.05) is 36.5 Å². The second-order valence-electron chi connectivity index (χ2n) is 9.09. The largest absolute Gasteiger partial charge is 0.381 e. The van der Waals surface area contributed by atoms with E-state index < -0.39 is 17.8 Å². The molecule has 4 heterocycles. The molecule has 0 unspecified atom stereocenters. The number of nitrogens with zero attached hydrogens (tertiary/aromatic N) is 5. The molecule has 0 saturated carbocycles. The second-order valence-corrected chi connectivity index (χ2v) is 9.09. The zero-order valence-corrected chi connectivity index (χ0v) is 18.3. The first-order valence-electron chi connectivity index (χ1n) is 11.3. The summed E-state index contributed by atoms with van der Waals surface area (Å²) in [6.45, 7) is 3.61. The zero-order chi connectivity index (χ0) is 23.3. The third-order valence-electron chi connectivity index (χ3n) is 6.99. The van der Waals surface area contributed by atoms with Crippen LogP contribution in [-0.2, 0) is 11.3 Å². The Balaban J connectivity index is 1.33. The van der Waals surface area contributed by atoms with Crippen molar-refractivity contribution in [3.63, 3.8) is 0 Å². The van der Waals surface area contributed by atoms with Crippen LogP contribution >= 0.6 is 0 Å². The zero-order valence-electron chi connectivity index (χ0n) is 18.3. The fourth-order valence-electron chi connectivity index (χ4n) is 5.04. The number of nitrogens with one attached hydrogen (secondary N) is 1. The van der Waals surface area contributed by atoms with E-state index >= 15 is 0 Å². The Labute approximate surface area is 193 Å². The summed E-state index contributed by atoms with van der Waals surface area (Å²) in [6, 6.07) is 10.1. The third kappa shape index (κ3) is 3.53. The van der Waals surface area contributed by atoms with Gasteiger partial charge < -0.3 is 15.0 Å². The highest BCUT2D eigenvalue weighted by atomic mass is 19.3. The van der Waals surface area contributed by atoms with Gasteiger partial charge in [-0.05, 0) is 31.0 Å². The third-order valence-corrected chi connectivity index (χ3v) is 6.99. The van der Waals surface area contributed by atoms with Gasteiger partial charge in [-0.3, -0.25) is 0 Å². The Hall–Kier alpha value is -3.40. The number of rotatable bonds is 5. The first-order chi connectivity index (χ1) is 16.5. The molecule has 4 aromatic rings. The molecule has 176 valence electrons. The maximum atomic E-state index is 14.6. The highest BCUT2D eigenvalue weighted by Crippen LogP contribution is 2.43. The van der Waals surface area contributed by atoms with Gasteiger partial charge >= 0.3 is 0 Å². The number of fused-ring (bicyclic) bond motifs is 3. The number of benzene rings is 2. The summed E-state index contributed by atoms with van der Waals surface area (Å²) in [5.74, 6) is -0.419. The molecule has 2 aliphatic rings. The lowest BCUT2D eigenvalue weighted by molar-refractivity contribution is -0.000184. The highest BCUT2D eigenvalue weighted by Gasteiger charge is 2.43. The number of aromatic nitrogens is 4. The molecular weight excluding hydrogens is 445 g/mol. The number of halogens is 3. The molecule has 7 nitrogen and oxygen atoms in total. The number of hydrogen-bond donors (Lipinski definition) is 1. The summed E-state index contributed by atoms with van der Waals surface area (Å²) in [5, 5.41) is 13.5. The van der Waals surface area contributed by atoms with Crippen molar-refractivity contribution in [1.29, 1.82) is 0 Å². The van der Waals surface area contributed by atoms with Crippen LogP contribution in [-0.4, -0.2) is 46.1 Å². The Morgan fingerprint density at radius 3 is 2.71 bits per heavy atom. The molecule has 6 rings (SSSR count). The minimum absolute atomic E-state index is 0.00570. The second kappa shape index (κ2) is 8.12. The molecule has 2 fully saturated rings. The minimum atomic E-state index is -2.87. The van der Waals surface area contributed by atoms with Gasteiger partial charge in [0.15, 0.2) is 11.5 Å². The van der Waals surface area contributed by atoms with Crippen LogP contribution < -0.4 is 10.2 Å². The van der Waals surface area contributed by atoms with Crippen molar-refractivity contribution in [3.05, 3.63) is 59.7 Å². The summed E-state index contributed by atoms with van der Waals surface area (Å²) in [4.78, 5) is 6.66. The van der Waals surface area contributed by atoms with E-state index in [4.69, 9.17) is 4.74 Å². The van der Waals surface area contributed by atoms with Gasteiger partial charge in [-0.25, -0.2) is 18.2 Å². The number of hydrogen-bond acceptors (Lipinski definition) is 6. The van der Waals surface area contributed by atoms with Gasteiger partial charge in [-0.2, -0.15) is 0 Å². The molecule has 2 aromatic carbocycles. The van der Waals surface area contributed by atoms with Crippen LogP contribution in [0, 0.1) is 11.2 Å². The van der Waals surface area contributed by atoms with Gasteiger partial charge in [0.1, 0.15) is 12.1 Å². The molecule has 10 heteroatoms. The van der Waals surface area contributed by atoms with Crippen LogP contribution in [0.4, 0.5) is 24.7 Å². The molecule has 34 heavy (non-hydrogen) atoms. The summed E-state index contributed by atoms with van der Waals surface area (Å²) in [6.07, 6.45) is 0.711. The van der Waals surface area contributed by atoms with Gasteiger partial charge in [0, 0.05) is 60.3 Å². The molecule has 1 spiro atoms. The number of ether oxygens (including phenoxy) is 1. The van der Waals surface area contributed by atoms with E-state index in [2.05, 4.69) is 37.5 Å². The van der Waals surface area contributed by atoms with Crippen LogP contribution in [0.2, 0.25) is 0 Å². The van der Waals surface area contributed by atoms with E-state index in [0.29, 0.717) is 16.9 Å². The lowest BCUT2D eigenvalue weighted by Gasteiger charge is -2.53. The van der Waals surface area contributed by atoms with Gasteiger partial charge in [0.2, 0.25) is 0 Å². The van der Waals surface area contributed by atoms with Crippen molar-refractivity contribution >= 4 is 27.9 Å². The Morgan fingerprint density at radius 1 is 1.09 bits per heavy atom. The van der Waals surface area contributed by atoms with Crippen molar-refractivity contribution in [2.45, 2.75) is 25.8 Å². The molecule has 0 amide bonds. The molecule has 0 aliphatic carbocycles. The Bertz CT molecular complexity index is 1360. The maximum absolute atomic E-state index is 14.6. The average Bonchev–Trinajstić information content (AvgIpc) is 3.30. The fraction of sp³-hybridized carbons (Fsp3) is 0.375. The molecule has 2 aromatic heterocycles. The van der Waals surface area contributed by atoms with E-state index in [1.54, 1.807) is 0 Å². The first-order valence-corrected chi connectivity index (χ1v) is 11.3. The van der Waals surface area contributed by atoms with Crippen molar-refractivity contribution in [3.8, 4) is 0 Å². The van der Waals surface area contributed by atoms with Crippen molar-refractivity contribution < 1.29 is 17.9 Å². The smallest absolute Gasteiger partial charge is 0.266 e. The number of anilines is 2. The summed E-state index contributed by atoms with van der Waals surface area (Å²) in [7, 11) is 0. The number of alkyl halides is 2. The minimum Gasteiger partial charge on any atom is -0.381 e. The molecule has 1 N–H and O–H groups in total. The van der Waals surface area contributed by atoms with Crippen LogP contribution in [0.5, 0.6) is 0 Å². The summed E-state index contributed by atoms with van der Waals surface area (Å²) in [5.41, 5.74) is 1.56. The van der Waals surface area contributed by atoms with E-state index in [1.807, 2.05) is 6.07 Å². The van der Waals surface area contributed by atoms with E-state index in [-0.39, 0.29) is 12.1 Å². The van der Waals surface area contributed by atoms with Crippen LogP contribution in [0.25, 0.3) is 16.4 Å². The predicted molar refractivity (Wildman–Crippen MR) is 122 cm³/mol. The van der Waals surface area contributed by atoms with Gasteiger partial charge in [0.05, 0.1) is 5.56 Å². The molecule has 0 radical (unpaired) electrons. The van der Waals surface area contributed by atoms with Gasteiger partial charge in [-0.15, -0.1) is 14.8 Å². The topological polar surface area (TPSA) is 67.6 Å². The lowest BCUT2D eigenvalue weighted by Crippen LogP contribution is -2.58. The SMILES string of the molecule is Fc1c(CNc2nn3ncnc3c3ccc(N4CC5(CCOCC5)C4)cc23)cccc1C(F)F. The average molecular weight is 468 g/mol. The normalized spacial score (nSPS) is 17.6. The molecule has 2 aliphatic heterocycles. The van der Waals surface area contributed by atoms with Crippen LogP contribution in [0.3, 0.4) is 0 Å². The van der Waals surface area contributed by atoms with E-state index in [9.17, 15) is 13.2 Å². The van der Waals surface area contributed by atoms with Crippen molar-refractivity contribution in [2.24, 2.45) is 5.41 Å². The van der Waals surface area contributed by atoms with Crippen LogP contribution in [0.1, 0.15) is 30.4 Å². The van der Waals surface area contributed by atoms with Crippen LogP contribution in [0.15, 0.2) is 42.7 Å². The maximum Gasteiger partial charge on any atom is 0.266 e. The van der Waals surface area contributed by atoms with E-state index in [0.717, 1.165) is 61.7 Å².